The number of nitrogens with one attached hydrogen (secondary N) is 1. The van der Waals surface area contributed by atoms with Crippen LogP contribution in [0.2, 0.25) is 0 Å². The first kappa shape index (κ1) is 20.2. The Morgan fingerprint density at radius 2 is 1.96 bits per heavy atom. The molecule has 1 aliphatic heterocycles. The van der Waals surface area contributed by atoms with Gasteiger partial charge in [0.25, 0.3) is 0 Å². The van der Waals surface area contributed by atoms with Crippen molar-refractivity contribution in [2.24, 2.45) is 4.99 Å². The van der Waals surface area contributed by atoms with Crippen LogP contribution >= 0.6 is 15.9 Å². The number of benzene rings is 1. The highest BCUT2D eigenvalue weighted by Crippen LogP contribution is 2.15. The number of hydrogen-bond acceptors (Lipinski definition) is 3. The molecule has 0 aliphatic carbocycles. The molecule has 1 aromatic carbocycles. The van der Waals surface area contributed by atoms with Crippen LogP contribution in [-0.2, 0) is 16.0 Å². The van der Waals surface area contributed by atoms with Crippen molar-refractivity contribution in [2.45, 2.75) is 38.8 Å². The summed E-state index contributed by atoms with van der Waals surface area (Å²) < 4.78 is 12.1. The van der Waals surface area contributed by atoms with Gasteiger partial charge in [-0.1, -0.05) is 28.1 Å². The number of nitrogens with zero attached hydrogens (tertiary/aromatic N) is 2. The van der Waals surface area contributed by atoms with Gasteiger partial charge in [0.05, 0.1) is 12.6 Å². The minimum Gasteiger partial charge on any atom is -0.385 e. The van der Waals surface area contributed by atoms with Gasteiger partial charge in [-0.2, -0.15) is 0 Å². The van der Waals surface area contributed by atoms with E-state index in [-0.39, 0.29) is 0 Å². The predicted octanol–water partition coefficient (Wildman–Crippen LogP) is 3.43. The highest BCUT2D eigenvalue weighted by Gasteiger charge is 2.21. The molecule has 0 unspecified atom stereocenters. The van der Waals surface area contributed by atoms with Crippen LogP contribution in [0.1, 0.15) is 31.7 Å². The third kappa shape index (κ3) is 7.34. The number of hydrogen-bond donors (Lipinski definition) is 1. The number of methoxy groups -OCH3 is 1. The second kappa shape index (κ2) is 11.5. The van der Waals surface area contributed by atoms with Gasteiger partial charge in [-0.15, -0.1) is 0 Å². The maximum absolute atomic E-state index is 5.94. The molecule has 0 saturated carbocycles. The number of likely N-dealkylation sites (tertiary alicyclic amines) is 1. The van der Waals surface area contributed by atoms with Gasteiger partial charge in [-0.3, -0.25) is 0 Å². The number of ether oxygens (including phenoxy) is 2. The van der Waals surface area contributed by atoms with Crippen LogP contribution in [0.15, 0.2) is 33.7 Å². The minimum atomic E-state index is 0.363. The normalized spacial score (nSPS) is 16.3. The van der Waals surface area contributed by atoms with Crippen LogP contribution in [0, 0.1) is 0 Å². The first-order chi connectivity index (χ1) is 12.2. The summed E-state index contributed by atoms with van der Waals surface area (Å²) in [4.78, 5) is 7.15. The maximum atomic E-state index is 5.94. The lowest BCUT2D eigenvalue weighted by atomic mass is 10.1. The number of piperidine rings is 1. The molecule has 0 radical (unpaired) electrons. The highest BCUT2D eigenvalue weighted by molar-refractivity contribution is 9.10. The Balaban J connectivity index is 1.82. The quantitative estimate of drug-likeness (QED) is 0.404. The zero-order valence-electron chi connectivity index (χ0n) is 15.3. The fraction of sp³-hybridized carbons (Fsp3) is 0.632. The Morgan fingerprint density at radius 3 is 2.60 bits per heavy atom. The number of halogens is 1. The van der Waals surface area contributed by atoms with E-state index < -0.39 is 0 Å². The van der Waals surface area contributed by atoms with E-state index in [1.807, 2.05) is 0 Å². The third-order valence-electron chi connectivity index (χ3n) is 4.25. The number of aliphatic imine (C=N–C) groups is 1. The van der Waals surface area contributed by atoms with E-state index in [0.29, 0.717) is 12.6 Å². The lowest BCUT2D eigenvalue weighted by Crippen LogP contribution is -2.47. The zero-order valence-corrected chi connectivity index (χ0v) is 16.9. The average molecular weight is 412 g/mol. The summed E-state index contributed by atoms with van der Waals surface area (Å²) in [5.41, 5.74) is 1.22. The van der Waals surface area contributed by atoms with Crippen LogP contribution in [0.25, 0.3) is 0 Å². The summed E-state index contributed by atoms with van der Waals surface area (Å²) in [6, 6.07) is 8.34. The lowest BCUT2D eigenvalue weighted by Gasteiger charge is -2.34. The molecule has 0 spiro atoms. The molecule has 140 valence electrons. The maximum Gasteiger partial charge on any atom is 0.194 e. The van der Waals surface area contributed by atoms with E-state index in [0.717, 1.165) is 62.5 Å². The van der Waals surface area contributed by atoms with Gasteiger partial charge in [0.2, 0.25) is 0 Å². The Hall–Kier alpha value is -1.11. The molecule has 1 fully saturated rings. The zero-order chi connectivity index (χ0) is 17.9. The molecule has 1 N–H and O–H groups in total. The fourth-order valence-corrected chi connectivity index (χ4v) is 3.13. The minimum absolute atomic E-state index is 0.363. The Labute approximate surface area is 159 Å². The summed E-state index contributed by atoms with van der Waals surface area (Å²) in [5.74, 6) is 1.00. The van der Waals surface area contributed by atoms with Crippen molar-refractivity contribution in [1.82, 2.24) is 10.2 Å². The summed E-state index contributed by atoms with van der Waals surface area (Å²) >= 11 is 3.47. The second-order valence-electron chi connectivity index (χ2n) is 6.20. The molecule has 6 heteroatoms. The van der Waals surface area contributed by atoms with Gasteiger partial charge >= 0.3 is 0 Å². The van der Waals surface area contributed by atoms with Crippen molar-refractivity contribution in [3.8, 4) is 0 Å². The van der Waals surface area contributed by atoms with Gasteiger partial charge in [0, 0.05) is 44.4 Å². The van der Waals surface area contributed by atoms with Gasteiger partial charge in [-0.05, 0) is 43.9 Å². The smallest absolute Gasteiger partial charge is 0.194 e. The molecular formula is C19H30BrN3O2. The summed E-state index contributed by atoms with van der Waals surface area (Å²) in [6.45, 7) is 7.22. The van der Waals surface area contributed by atoms with E-state index in [9.17, 15) is 0 Å². The molecule has 0 atom stereocenters. The molecule has 2 rings (SSSR count). The highest BCUT2D eigenvalue weighted by atomic mass is 79.9. The number of rotatable bonds is 8. The van der Waals surface area contributed by atoms with Gasteiger partial charge in [0.15, 0.2) is 5.96 Å². The summed E-state index contributed by atoms with van der Waals surface area (Å²) in [7, 11) is 1.73. The van der Waals surface area contributed by atoms with E-state index in [2.05, 4.69) is 57.3 Å². The molecule has 5 nitrogen and oxygen atoms in total. The molecule has 0 aromatic heterocycles. The Kier molecular flexibility index (Phi) is 9.29. The van der Waals surface area contributed by atoms with Crippen LogP contribution in [-0.4, -0.2) is 56.9 Å². The molecule has 0 amide bonds. The average Bonchev–Trinajstić information content (AvgIpc) is 2.64. The van der Waals surface area contributed by atoms with E-state index >= 15 is 0 Å². The van der Waals surface area contributed by atoms with Crippen LogP contribution in [0.5, 0.6) is 0 Å². The van der Waals surface area contributed by atoms with E-state index in [4.69, 9.17) is 14.5 Å². The van der Waals surface area contributed by atoms with Crippen molar-refractivity contribution in [1.29, 1.82) is 0 Å². The second-order valence-corrected chi connectivity index (χ2v) is 7.12. The van der Waals surface area contributed by atoms with Crippen molar-refractivity contribution in [3.05, 3.63) is 34.3 Å². The topological polar surface area (TPSA) is 46.1 Å². The van der Waals surface area contributed by atoms with E-state index in [1.165, 1.54) is 5.56 Å². The number of guanidine groups is 1. The largest absolute Gasteiger partial charge is 0.385 e. The van der Waals surface area contributed by atoms with Crippen molar-refractivity contribution in [3.63, 3.8) is 0 Å². The molecule has 1 aromatic rings. The Morgan fingerprint density at radius 1 is 1.24 bits per heavy atom. The lowest BCUT2D eigenvalue weighted by molar-refractivity contribution is 0.00990. The van der Waals surface area contributed by atoms with Gasteiger partial charge < -0.3 is 19.7 Å². The first-order valence-corrected chi connectivity index (χ1v) is 9.90. The standard InChI is InChI=1S/C19H30BrN3O2/c1-3-21-19(22-15-16-5-7-17(20)8-6-16)23-11-9-18(10-12-23)25-14-4-13-24-2/h5-8,18H,3-4,9-15H2,1-2H3,(H,21,22). The van der Waals surface area contributed by atoms with Crippen molar-refractivity contribution < 1.29 is 9.47 Å². The van der Waals surface area contributed by atoms with Crippen LogP contribution in [0.4, 0.5) is 0 Å². The van der Waals surface area contributed by atoms with E-state index in [1.54, 1.807) is 7.11 Å². The SMILES string of the molecule is CCNC(=NCc1ccc(Br)cc1)N1CCC(OCCCOC)CC1. The molecular weight excluding hydrogens is 382 g/mol. The summed E-state index contributed by atoms with van der Waals surface area (Å²) in [6.07, 6.45) is 3.43. The van der Waals surface area contributed by atoms with Gasteiger partial charge in [-0.25, -0.2) is 4.99 Å². The van der Waals surface area contributed by atoms with Crippen molar-refractivity contribution >= 4 is 21.9 Å². The molecule has 1 heterocycles. The van der Waals surface area contributed by atoms with Crippen LogP contribution in [0.3, 0.4) is 0 Å². The summed E-state index contributed by atoms with van der Waals surface area (Å²) in [5, 5.41) is 3.42. The molecule has 0 bridgehead atoms. The van der Waals surface area contributed by atoms with Crippen molar-refractivity contribution in [2.75, 3.05) is 40.0 Å². The molecule has 25 heavy (non-hydrogen) atoms. The third-order valence-corrected chi connectivity index (χ3v) is 4.78. The molecule has 1 saturated heterocycles. The van der Waals surface area contributed by atoms with Crippen LogP contribution < -0.4 is 5.32 Å². The molecule has 1 aliphatic rings. The first-order valence-electron chi connectivity index (χ1n) is 9.11. The fourth-order valence-electron chi connectivity index (χ4n) is 2.87. The monoisotopic (exact) mass is 411 g/mol. The van der Waals surface area contributed by atoms with Gasteiger partial charge in [0.1, 0.15) is 0 Å². The Bertz CT molecular complexity index is 514. The predicted molar refractivity (Wildman–Crippen MR) is 106 cm³/mol.